The van der Waals surface area contributed by atoms with E-state index in [9.17, 15) is 15.2 Å². The molecule has 0 radical (unpaired) electrons. The molecule has 4 N–H and O–H groups in total. The molecule has 1 aliphatic rings. The number of nitrogens with two attached hydrogens (primary N) is 1. The van der Waals surface area contributed by atoms with E-state index in [1.807, 2.05) is 6.92 Å². The summed E-state index contributed by atoms with van der Waals surface area (Å²) in [5.41, 5.74) is 1.90. The summed E-state index contributed by atoms with van der Waals surface area (Å²) in [5.74, 6) is 5.34. The van der Waals surface area contributed by atoms with Crippen LogP contribution in [0.2, 0.25) is 0 Å². The van der Waals surface area contributed by atoms with Gasteiger partial charge in [0.05, 0.1) is 23.7 Å². The molecular weight excluding hydrogens is 268 g/mol. The molecule has 0 spiro atoms. The third-order valence-electron chi connectivity index (χ3n) is 2.95. The molecule has 1 aromatic rings. The van der Waals surface area contributed by atoms with E-state index in [1.54, 1.807) is 4.90 Å². The van der Waals surface area contributed by atoms with E-state index in [4.69, 9.17) is 10.6 Å². The predicted molar refractivity (Wildman–Crippen MR) is 70.1 cm³/mol. The maximum atomic E-state index is 11.2. The van der Waals surface area contributed by atoms with Crippen molar-refractivity contribution in [1.82, 2.24) is 9.97 Å². The highest BCUT2D eigenvalue weighted by molar-refractivity contribution is 5.70. The van der Waals surface area contributed by atoms with Crippen molar-refractivity contribution < 1.29 is 14.8 Å². The summed E-state index contributed by atoms with van der Waals surface area (Å²) in [6.07, 6.45) is 0.610. The second-order valence-corrected chi connectivity index (χ2v) is 4.45. The number of nitro groups is 1. The Morgan fingerprint density at radius 1 is 1.65 bits per heavy atom. The molecule has 0 amide bonds. The average Bonchev–Trinajstić information content (AvgIpc) is 2.45. The molecule has 20 heavy (non-hydrogen) atoms. The third kappa shape index (κ3) is 2.76. The summed E-state index contributed by atoms with van der Waals surface area (Å²) in [4.78, 5) is 20.0. The number of anilines is 2. The Kier molecular flexibility index (Phi) is 4.27. The van der Waals surface area contributed by atoms with Gasteiger partial charge in [0.2, 0.25) is 11.6 Å². The molecule has 2 heterocycles. The van der Waals surface area contributed by atoms with E-state index in [0.717, 1.165) is 0 Å². The van der Waals surface area contributed by atoms with Gasteiger partial charge in [-0.25, -0.2) is 15.8 Å². The molecule has 0 aromatic carbocycles. The Morgan fingerprint density at radius 3 is 3.00 bits per heavy atom. The van der Waals surface area contributed by atoms with Crippen LogP contribution in [0.3, 0.4) is 0 Å². The standard InChI is InChI=1S/C10H16N6O4/c1-6-2-15(3-7(4-17)20-6)10-8(16(18)19)9(14-11)12-5-13-10/h5-7,17H,2-4,11H2,1H3,(H,12,13,14). The van der Waals surface area contributed by atoms with Crippen LogP contribution in [0.15, 0.2) is 6.33 Å². The fraction of sp³-hybridized carbons (Fsp3) is 0.600. The van der Waals surface area contributed by atoms with E-state index in [1.165, 1.54) is 6.33 Å². The number of nitrogens with zero attached hydrogens (tertiary/aromatic N) is 4. The summed E-state index contributed by atoms with van der Waals surface area (Å²) in [5, 5.41) is 20.4. The van der Waals surface area contributed by atoms with Crippen molar-refractivity contribution in [3.8, 4) is 0 Å². The van der Waals surface area contributed by atoms with Gasteiger partial charge in [0, 0.05) is 13.1 Å². The molecular formula is C10H16N6O4. The van der Waals surface area contributed by atoms with Crippen molar-refractivity contribution in [3.63, 3.8) is 0 Å². The first-order valence-corrected chi connectivity index (χ1v) is 6.04. The minimum Gasteiger partial charge on any atom is -0.394 e. The van der Waals surface area contributed by atoms with Crippen molar-refractivity contribution in [2.24, 2.45) is 5.84 Å². The van der Waals surface area contributed by atoms with Gasteiger partial charge >= 0.3 is 5.69 Å². The number of hydrogen-bond donors (Lipinski definition) is 3. The smallest absolute Gasteiger partial charge is 0.354 e. The highest BCUT2D eigenvalue weighted by atomic mass is 16.6. The van der Waals surface area contributed by atoms with Crippen LogP contribution in [0.5, 0.6) is 0 Å². The van der Waals surface area contributed by atoms with Crippen LogP contribution in [0.25, 0.3) is 0 Å². The van der Waals surface area contributed by atoms with Crippen molar-refractivity contribution >= 4 is 17.3 Å². The van der Waals surface area contributed by atoms with Gasteiger partial charge in [-0.3, -0.25) is 10.1 Å². The van der Waals surface area contributed by atoms with Crippen LogP contribution in [0.1, 0.15) is 6.92 Å². The maximum Gasteiger partial charge on any atom is 0.354 e. The molecule has 10 heteroatoms. The number of hydrogen-bond acceptors (Lipinski definition) is 9. The summed E-state index contributed by atoms with van der Waals surface area (Å²) in [7, 11) is 0. The molecule has 10 nitrogen and oxygen atoms in total. The Bertz CT molecular complexity index is 499. The fourth-order valence-corrected chi connectivity index (χ4v) is 2.19. The number of nitrogen functional groups attached to an aromatic ring is 1. The number of ether oxygens (including phenoxy) is 1. The molecule has 1 aliphatic heterocycles. The molecule has 1 aromatic heterocycles. The van der Waals surface area contributed by atoms with Gasteiger partial charge < -0.3 is 20.2 Å². The Labute approximate surface area is 114 Å². The number of aliphatic hydroxyl groups is 1. The molecule has 2 unspecified atom stereocenters. The normalized spacial score (nSPS) is 22.6. The lowest BCUT2D eigenvalue weighted by atomic mass is 10.2. The molecule has 0 saturated carbocycles. The SMILES string of the molecule is CC1CN(c2ncnc(NN)c2[N+](=O)[O-])CC(CO)O1. The van der Waals surface area contributed by atoms with E-state index in [2.05, 4.69) is 15.4 Å². The molecule has 0 aliphatic carbocycles. The van der Waals surface area contributed by atoms with Crippen LogP contribution in [0.4, 0.5) is 17.3 Å². The minimum absolute atomic E-state index is 0.0558. The molecule has 1 saturated heterocycles. The topological polar surface area (TPSA) is 140 Å². The summed E-state index contributed by atoms with van der Waals surface area (Å²) in [6.45, 7) is 2.40. The number of aromatic nitrogens is 2. The average molecular weight is 284 g/mol. The van der Waals surface area contributed by atoms with Crippen LogP contribution in [-0.4, -0.2) is 51.9 Å². The number of nitrogens with one attached hydrogen (secondary N) is 1. The minimum atomic E-state index is -0.585. The lowest BCUT2D eigenvalue weighted by Gasteiger charge is -2.36. The highest BCUT2D eigenvalue weighted by Gasteiger charge is 2.32. The zero-order chi connectivity index (χ0) is 14.7. The Morgan fingerprint density at radius 2 is 2.40 bits per heavy atom. The van der Waals surface area contributed by atoms with E-state index < -0.39 is 11.0 Å². The number of hydrazine groups is 1. The van der Waals surface area contributed by atoms with Gasteiger partial charge in [-0.05, 0) is 6.92 Å². The Balaban J connectivity index is 2.38. The summed E-state index contributed by atoms with van der Waals surface area (Å²) >= 11 is 0. The van der Waals surface area contributed by atoms with Crippen molar-refractivity contribution in [2.75, 3.05) is 30.0 Å². The van der Waals surface area contributed by atoms with Crippen LogP contribution < -0.4 is 16.2 Å². The third-order valence-corrected chi connectivity index (χ3v) is 2.95. The second kappa shape index (κ2) is 5.94. The van der Waals surface area contributed by atoms with Crippen molar-refractivity contribution in [1.29, 1.82) is 0 Å². The van der Waals surface area contributed by atoms with Gasteiger partial charge in [0.1, 0.15) is 6.33 Å². The largest absolute Gasteiger partial charge is 0.394 e. The maximum absolute atomic E-state index is 11.2. The number of rotatable bonds is 4. The van der Waals surface area contributed by atoms with Gasteiger partial charge in [-0.15, -0.1) is 0 Å². The first-order chi connectivity index (χ1) is 9.56. The summed E-state index contributed by atoms with van der Waals surface area (Å²) < 4.78 is 5.50. The van der Waals surface area contributed by atoms with E-state index in [0.29, 0.717) is 13.1 Å². The van der Waals surface area contributed by atoms with Crippen LogP contribution in [0, 0.1) is 10.1 Å². The molecule has 0 bridgehead atoms. The fourth-order valence-electron chi connectivity index (χ4n) is 2.19. The lowest BCUT2D eigenvalue weighted by molar-refractivity contribution is -0.383. The first kappa shape index (κ1) is 14.4. The van der Waals surface area contributed by atoms with E-state index in [-0.39, 0.29) is 30.0 Å². The first-order valence-electron chi connectivity index (χ1n) is 6.04. The van der Waals surface area contributed by atoms with Crippen molar-refractivity contribution in [3.05, 3.63) is 16.4 Å². The molecule has 110 valence electrons. The van der Waals surface area contributed by atoms with Gasteiger partial charge in [-0.2, -0.15) is 0 Å². The van der Waals surface area contributed by atoms with Crippen LogP contribution in [-0.2, 0) is 4.74 Å². The molecule has 2 rings (SSSR count). The van der Waals surface area contributed by atoms with Crippen LogP contribution >= 0.6 is 0 Å². The van der Waals surface area contributed by atoms with Gasteiger partial charge in [0.15, 0.2) is 0 Å². The molecule has 1 fully saturated rings. The van der Waals surface area contributed by atoms with Crippen molar-refractivity contribution in [2.45, 2.75) is 19.1 Å². The van der Waals surface area contributed by atoms with Gasteiger partial charge in [-0.1, -0.05) is 0 Å². The zero-order valence-corrected chi connectivity index (χ0v) is 10.9. The zero-order valence-electron chi connectivity index (χ0n) is 10.9. The highest BCUT2D eigenvalue weighted by Crippen LogP contribution is 2.32. The number of aliphatic hydroxyl groups excluding tert-OH is 1. The Hall–Kier alpha value is -2.04. The predicted octanol–water partition coefficient (Wildman–Crippen LogP) is -0.744. The lowest BCUT2D eigenvalue weighted by Crippen LogP contribution is -2.48. The van der Waals surface area contributed by atoms with Gasteiger partial charge in [0.25, 0.3) is 0 Å². The monoisotopic (exact) mass is 284 g/mol. The summed E-state index contributed by atoms with van der Waals surface area (Å²) in [6, 6.07) is 0. The molecule has 2 atom stereocenters. The number of morpholine rings is 1. The quantitative estimate of drug-likeness (QED) is 0.370. The van der Waals surface area contributed by atoms with E-state index >= 15 is 0 Å². The second-order valence-electron chi connectivity index (χ2n) is 4.45.